The van der Waals surface area contributed by atoms with E-state index < -0.39 is 0 Å². The summed E-state index contributed by atoms with van der Waals surface area (Å²) in [6.45, 7) is 4.88. The monoisotopic (exact) mass is 354 g/mol. The van der Waals surface area contributed by atoms with Crippen molar-refractivity contribution in [2.24, 2.45) is 5.73 Å². The fourth-order valence-corrected chi connectivity index (χ4v) is 2.93. The number of nitrogens with zero attached hydrogens (tertiary/aromatic N) is 1. The molecular formula is C16H23BrN2O2. The van der Waals surface area contributed by atoms with E-state index in [1.165, 1.54) is 0 Å². The number of rotatable bonds is 5. The topological polar surface area (TPSA) is 55.6 Å². The summed E-state index contributed by atoms with van der Waals surface area (Å²) in [4.78, 5) is 14.5. The minimum absolute atomic E-state index is 0.120. The molecule has 0 bridgehead atoms. The van der Waals surface area contributed by atoms with Crippen LogP contribution in [-0.2, 0) is 4.74 Å². The molecule has 1 heterocycles. The number of carbonyl (C=O) groups is 1. The van der Waals surface area contributed by atoms with Gasteiger partial charge in [-0.2, -0.15) is 0 Å². The summed E-state index contributed by atoms with van der Waals surface area (Å²) in [5.74, 6) is 0.120. The van der Waals surface area contributed by atoms with Crippen LogP contribution < -0.4 is 5.73 Å². The van der Waals surface area contributed by atoms with E-state index in [0.29, 0.717) is 6.54 Å². The minimum Gasteiger partial charge on any atom is -0.378 e. The molecule has 1 amide bonds. The molecule has 5 heteroatoms. The Labute approximate surface area is 134 Å². The van der Waals surface area contributed by atoms with E-state index in [9.17, 15) is 4.79 Å². The fourth-order valence-electron chi connectivity index (χ4n) is 2.57. The highest BCUT2D eigenvalue weighted by Gasteiger charge is 2.25. The van der Waals surface area contributed by atoms with Crippen molar-refractivity contribution in [1.29, 1.82) is 0 Å². The minimum atomic E-state index is 0.120. The number of likely N-dealkylation sites (tertiary alicyclic amines) is 1. The Hall–Kier alpha value is -0.910. The molecule has 21 heavy (non-hydrogen) atoms. The molecule has 1 fully saturated rings. The van der Waals surface area contributed by atoms with Gasteiger partial charge in [0.1, 0.15) is 0 Å². The third-order valence-corrected chi connectivity index (χ3v) is 4.79. The van der Waals surface area contributed by atoms with Gasteiger partial charge in [-0.05, 0) is 50.4 Å². The Morgan fingerprint density at radius 3 is 2.81 bits per heavy atom. The van der Waals surface area contributed by atoms with E-state index in [2.05, 4.69) is 15.9 Å². The summed E-state index contributed by atoms with van der Waals surface area (Å²) in [6, 6.07) is 5.77. The largest absolute Gasteiger partial charge is 0.378 e. The first kappa shape index (κ1) is 16.5. The molecular weight excluding hydrogens is 332 g/mol. The Morgan fingerprint density at radius 1 is 1.43 bits per heavy atom. The lowest BCUT2D eigenvalue weighted by atomic mass is 10.0. The van der Waals surface area contributed by atoms with Gasteiger partial charge in [-0.1, -0.05) is 22.0 Å². The number of hydrogen-bond acceptors (Lipinski definition) is 3. The summed E-state index contributed by atoms with van der Waals surface area (Å²) in [5, 5.41) is 0. The van der Waals surface area contributed by atoms with Crippen LogP contribution in [0.2, 0.25) is 0 Å². The van der Waals surface area contributed by atoms with Gasteiger partial charge >= 0.3 is 0 Å². The van der Waals surface area contributed by atoms with Crippen molar-refractivity contribution in [3.05, 3.63) is 33.8 Å². The molecule has 2 rings (SSSR count). The van der Waals surface area contributed by atoms with Gasteiger partial charge in [0.05, 0.1) is 6.10 Å². The van der Waals surface area contributed by atoms with Crippen molar-refractivity contribution in [2.75, 3.05) is 26.2 Å². The van der Waals surface area contributed by atoms with Crippen molar-refractivity contribution >= 4 is 21.8 Å². The number of nitrogens with two attached hydrogens (primary N) is 1. The van der Waals surface area contributed by atoms with Gasteiger partial charge in [0.25, 0.3) is 5.91 Å². The standard InChI is InChI=1S/C16H23BrN2O2/c1-12-14(4-2-5-15(12)17)16(20)19-9-6-13(7-10-19)21-11-3-8-18/h2,4-5,13H,3,6-11,18H2,1H3. The first-order valence-corrected chi connectivity index (χ1v) is 8.29. The highest BCUT2D eigenvalue weighted by Crippen LogP contribution is 2.22. The average molecular weight is 355 g/mol. The van der Waals surface area contributed by atoms with Crippen LogP contribution in [0.25, 0.3) is 0 Å². The van der Waals surface area contributed by atoms with Crippen molar-refractivity contribution in [3.8, 4) is 0 Å². The Bertz CT molecular complexity index is 485. The molecule has 4 nitrogen and oxygen atoms in total. The molecule has 0 aliphatic carbocycles. The van der Waals surface area contributed by atoms with E-state index >= 15 is 0 Å². The van der Waals surface area contributed by atoms with Gasteiger partial charge in [0.15, 0.2) is 0 Å². The van der Waals surface area contributed by atoms with Crippen LogP contribution in [0.4, 0.5) is 0 Å². The van der Waals surface area contributed by atoms with Crippen molar-refractivity contribution in [1.82, 2.24) is 4.90 Å². The van der Waals surface area contributed by atoms with Crippen LogP contribution in [0.3, 0.4) is 0 Å². The molecule has 116 valence electrons. The molecule has 1 aromatic carbocycles. The third kappa shape index (κ3) is 4.28. The number of carbonyl (C=O) groups excluding carboxylic acids is 1. The zero-order chi connectivity index (χ0) is 15.2. The van der Waals surface area contributed by atoms with Crippen LogP contribution in [0.5, 0.6) is 0 Å². The molecule has 1 aromatic rings. The van der Waals surface area contributed by atoms with Gasteiger partial charge in [-0.15, -0.1) is 0 Å². The van der Waals surface area contributed by atoms with E-state index in [4.69, 9.17) is 10.5 Å². The second kappa shape index (κ2) is 7.92. The van der Waals surface area contributed by atoms with Crippen molar-refractivity contribution in [3.63, 3.8) is 0 Å². The molecule has 1 aliphatic heterocycles. The Balaban J connectivity index is 1.90. The van der Waals surface area contributed by atoms with Gasteiger partial charge in [-0.3, -0.25) is 4.79 Å². The lowest BCUT2D eigenvalue weighted by molar-refractivity contribution is 0.00843. The zero-order valence-electron chi connectivity index (χ0n) is 12.5. The third-order valence-electron chi connectivity index (χ3n) is 3.93. The SMILES string of the molecule is Cc1c(Br)cccc1C(=O)N1CCC(OCCCN)CC1. The number of piperidine rings is 1. The fraction of sp³-hybridized carbons (Fsp3) is 0.562. The number of benzene rings is 1. The van der Waals surface area contributed by atoms with Gasteiger partial charge in [-0.25, -0.2) is 0 Å². The molecule has 2 N–H and O–H groups in total. The van der Waals surface area contributed by atoms with Crippen LogP contribution >= 0.6 is 15.9 Å². The van der Waals surface area contributed by atoms with E-state index in [0.717, 1.165) is 54.6 Å². The normalized spacial score (nSPS) is 16.2. The molecule has 1 aliphatic rings. The average Bonchev–Trinajstić information content (AvgIpc) is 2.50. The highest BCUT2D eigenvalue weighted by atomic mass is 79.9. The van der Waals surface area contributed by atoms with Crippen molar-refractivity contribution < 1.29 is 9.53 Å². The zero-order valence-corrected chi connectivity index (χ0v) is 14.1. The number of ether oxygens (including phenoxy) is 1. The predicted octanol–water partition coefficient (Wildman–Crippen LogP) is 2.73. The molecule has 0 unspecified atom stereocenters. The molecule has 0 saturated carbocycles. The smallest absolute Gasteiger partial charge is 0.254 e. The van der Waals surface area contributed by atoms with Crippen LogP contribution in [0.15, 0.2) is 22.7 Å². The van der Waals surface area contributed by atoms with Crippen LogP contribution in [0, 0.1) is 6.92 Å². The molecule has 0 aromatic heterocycles. The number of amides is 1. The summed E-state index contributed by atoms with van der Waals surface area (Å²) in [7, 11) is 0. The summed E-state index contributed by atoms with van der Waals surface area (Å²) >= 11 is 3.48. The first-order chi connectivity index (χ1) is 10.1. The second-order valence-electron chi connectivity index (χ2n) is 5.42. The maximum Gasteiger partial charge on any atom is 0.254 e. The lowest BCUT2D eigenvalue weighted by Gasteiger charge is -2.32. The van der Waals surface area contributed by atoms with Gasteiger partial charge in [0, 0.05) is 29.7 Å². The van der Waals surface area contributed by atoms with Gasteiger partial charge in [0.2, 0.25) is 0 Å². The lowest BCUT2D eigenvalue weighted by Crippen LogP contribution is -2.41. The van der Waals surface area contributed by atoms with E-state index in [1.54, 1.807) is 0 Å². The molecule has 0 atom stereocenters. The van der Waals surface area contributed by atoms with E-state index in [1.807, 2.05) is 30.0 Å². The van der Waals surface area contributed by atoms with Crippen molar-refractivity contribution in [2.45, 2.75) is 32.3 Å². The molecule has 1 saturated heterocycles. The summed E-state index contributed by atoms with van der Waals surface area (Å²) in [5.41, 5.74) is 7.25. The quantitative estimate of drug-likeness (QED) is 0.827. The maximum absolute atomic E-state index is 12.6. The van der Waals surface area contributed by atoms with Gasteiger partial charge < -0.3 is 15.4 Å². The Morgan fingerprint density at radius 2 is 2.14 bits per heavy atom. The summed E-state index contributed by atoms with van der Waals surface area (Å²) in [6.07, 6.45) is 2.98. The number of hydrogen-bond donors (Lipinski definition) is 1. The molecule has 0 radical (unpaired) electrons. The predicted molar refractivity (Wildman–Crippen MR) is 87.4 cm³/mol. The summed E-state index contributed by atoms with van der Waals surface area (Å²) < 4.78 is 6.75. The Kier molecular flexibility index (Phi) is 6.21. The molecule has 0 spiro atoms. The first-order valence-electron chi connectivity index (χ1n) is 7.49. The maximum atomic E-state index is 12.6. The highest BCUT2D eigenvalue weighted by molar-refractivity contribution is 9.10. The second-order valence-corrected chi connectivity index (χ2v) is 6.27. The van der Waals surface area contributed by atoms with Crippen LogP contribution in [-0.4, -0.2) is 43.2 Å². The number of halogens is 1. The van der Waals surface area contributed by atoms with Crippen LogP contribution in [0.1, 0.15) is 35.2 Å². The van der Waals surface area contributed by atoms with E-state index in [-0.39, 0.29) is 12.0 Å².